The molecule has 5 nitrogen and oxygen atoms in total. The Kier molecular flexibility index (Phi) is 5.49. The lowest BCUT2D eigenvalue weighted by Gasteiger charge is -2.19. The molecule has 2 atom stereocenters. The van der Waals surface area contributed by atoms with E-state index in [1.807, 2.05) is 20.8 Å². The molecule has 108 valence electrons. The van der Waals surface area contributed by atoms with Crippen molar-refractivity contribution in [1.82, 2.24) is 0 Å². The highest BCUT2D eigenvalue weighted by Gasteiger charge is 2.26. The minimum atomic E-state index is -4.07. The van der Waals surface area contributed by atoms with Crippen molar-refractivity contribution in [3.05, 3.63) is 29.8 Å². The molecule has 0 aromatic heterocycles. The van der Waals surface area contributed by atoms with Crippen LogP contribution in [-0.2, 0) is 14.3 Å². The lowest BCUT2D eigenvalue weighted by molar-refractivity contribution is -0.106. The van der Waals surface area contributed by atoms with Crippen LogP contribution in [0.5, 0.6) is 0 Å². The molecule has 0 bridgehead atoms. The first-order valence-corrected chi connectivity index (χ1v) is 7.49. The molecule has 0 saturated carbocycles. The van der Waals surface area contributed by atoms with Crippen LogP contribution >= 0.6 is 0 Å². The summed E-state index contributed by atoms with van der Waals surface area (Å²) >= 11 is 0. The van der Waals surface area contributed by atoms with Crippen LogP contribution in [0.2, 0.25) is 0 Å². The van der Waals surface area contributed by atoms with Crippen molar-refractivity contribution in [2.24, 2.45) is 5.92 Å². The largest absolute Gasteiger partial charge is 0.388 e. The molecule has 0 aliphatic rings. The third-order valence-electron chi connectivity index (χ3n) is 2.58. The molecule has 2 unspecified atom stereocenters. The SMILES string of the molecule is Cc1ccc(S(=O)(=O)OC(O)C(O)CC(C)C)cc1. The molecule has 2 N–H and O–H groups in total. The fraction of sp³-hybridized carbons (Fsp3) is 0.538. The summed E-state index contributed by atoms with van der Waals surface area (Å²) < 4.78 is 28.3. The zero-order chi connectivity index (χ0) is 14.6. The molecule has 0 aliphatic carbocycles. The summed E-state index contributed by atoms with van der Waals surface area (Å²) in [6.45, 7) is 5.54. The molecular formula is C13H20O5S. The van der Waals surface area contributed by atoms with Gasteiger partial charge in [0.15, 0.2) is 6.29 Å². The Morgan fingerprint density at radius 2 is 1.68 bits per heavy atom. The van der Waals surface area contributed by atoms with E-state index in [1.54, 1.807) is 12.1 Å². The molecule has 0 heterocycles. The fourth-order valence-electron chi connectivity index (χ4n) is 1.55. The van der Waals surface area contributed by atoms with Crippen LogP contribution in [0.3, 0.4) is 0 Å². The fourth-order valence-corrected chi connectivity index (χ4v) is 2.52. The van der Waals surface area contributed by atoms with Gasteiger partial charge in [-0.3, -0.25) is 0 Å². The molecule has 1 aromatic rings. The Bertz CT molecular complexity index is 492. The van der Waals surface area contributed by atoms with Crippen molar-refractivity contribution in [3.63, 3.8) is 0 Å². The highest BCUT2D eigenvalue weighted by Crippen LogP contribution is 2.17. The van der Waals surface area contributed by atoms with Gasteiger partial charge in [-0.1, -0.05) is 31.5 Å². The number of aryl methyl sites for hydroxylation is 1. The van der Waals surface area contributed by atoms with Crippen molar-refractivity contribution >= 4 is 10.1 Å². The average Bonchev–Trinajstić information content (AvgIpc) is 2.27. The van der Waals surface area contributed by atoms with Crippen LogP contribution in [0.4, 0.5) is 0 Å². The van der Waals surface area contributed by atoms with Crippen LogP contribution < -0.4 is 0 Å². The first kappa shape index (κ1) is 16.1. The minimum absolute atomic E-state index is 0.0473. The van der Waals surface area contributed by atoms with E-state index in [2.05, 4.69) is 4.18 Å². The van der Waals surface area contributed by atoms with Gasteiger partial charge in [0.25, 0.3) is 10.1 Å². The van der Waals surface area contributed by atoms with E-state index >= 15 is 0 Å². The molecule has 0 spiro atoms. The van der Waals surface area contributed by atoms with Gasteiger partial charge in [0.05, 0.1) is 4.90 Å². The monoisotopic (exact) mass is 288 g/mol. The first-order chi connectivity index (χ1) is 8.72. The normalized spacial score (nSPS) is 15.5. The molecule has 0 aliphatic heterocycles. The summed E-state index contributed by atoms with van der Waals surface area (Å²) in [4.78, 5) is -0.0473. The second-order valence-electron chi connectivity index (χ2n) is 4.95. The topological polar surface area (TPSA) is 83.8 Å². The van der Waals surface area contributed by atoms with E-state index in [0.29, 0.717) is 0 Å². The number of rotatable bonds is 6. The van der Waals surface area contributed by atoms with Crippen LogP contribution in [0, 0.1) is 12.8 Å². The smallest absolute Gasteiger partial charge is 0.299 e. The van der Waals surface area contributed by atoms with Gasteiger partial charge in [0.1, 0.15) is 6.10 Å². The maximum Gasteiger partial charge on any atom is 0.299 e. The Labute approximate surface area is 114 Å². The Hall–Kier alpha value is -0.950. The quantitative estimate of drug-likeness (QED) is 0.611. The van der Waals surface area contributed by atoms with Crippen molar-refractivity contribution < 1.29 is 22.8 Å². The van der Waals surface area contributed by atoms with Crippen molar-refractivity contribution in [1.29, 1.82) is 0 Å². The molecule has 6 heteroatoms. The van der Waals surface area contributed by atoms with Crippen LogP contribution in [0.25, 0.3) is 0 Å². The van der Waals surface area contributed by atoms with Crippen LogP contribution in [0.1, 0.15) is 25.8 Å². The van der Waals surface area contributed by atoms with E-state index in [-0.39, 0.29) is 17.2 Å². The van der Waals surface area contributed by atoms with Gasteiger partial charge in [0.2, 0.25) is 0 Å². The third-order valence-corrected chi connectivity index (χ3v) is 3.88. The molecule has 0 radical (unpaired) electrons. The van der Waals surface area contributed by atoms with Crippen molar-refractivity contribution in [3.8, 4) is 0 Å². The Morgan fingerprint density at radius 3 is 2.16 bits per heavy atom. The van der Waals surface area contributed by atoms with Gasteiger partial charge < -0.3 is 10.2 Å². The number of aliphatic hydroxyl groups excluding tert-OH is 2. The second-order valence-corrected chi connectivity index (χ2v) is 6.52. The van der Waals surface area contributed by atoms with Gasteiger partial charge >= 0.3 is 0 Å². The second kappa shape index (κ2) is 6.47. The molecule has 0 saturated heterocycles. The molecule has 1 aromatic carbocycles. The molecule has 0 fully saturated rings. The summed E-state index contributed by atoms with van der Waals surface area (Å²) in [7, 11) is -4.07. The predicted molar refractivity (Wildman–Crippen MR) is 70.9 cm³/mol. The zero-order valence-electron chi connectivity index (χ0n) is 11.3. The standard InChI is InChI=1S/C13H20O5S/c1-9(2)8-12(14)13(15)18-19(16,17)11-6-4-10(3)5-7-11/h4-7,9,12-15H,8H2,1-3H3. The Morgan fingerprint density at radius 1 is 1.16 bits per heavy atom. The number of benzene rings is 1. The maximum absolute atomic E-state index is 11.9. The summed E-state index contributed by atoms with van der Waals surface area (Å²) in [5, 5.41) is 19.2. The number of aliphatic hydroxyl groups is 2. The van der Waals surface area contributed by atoms with E-state index in [4.69, 9.17) is 0 Å². The molecular weight excluding hydrogens is 268 g/mol. The van der Waals surface area contributed by atoms with E-state index in [1.165, 1.54) is 12.1 Å². The lowest BCUT2D eigenvalue weighted by Crippen LogP contribution is -2.32. The first-order valence-electron chi connectivity index (χ1n) is 6.08. The zero-order valence-corrected chi connectivity index (χ0v) is 12.1. The number of hydrogen-bond donors (Lipinski definition) is 2. The summed E-state index contributed by atoms with van der Waals surface area (Å²) in [5.41, 5.74) is 0.916. The minimum Gasteiger partial charge on any atom is -0.388 e. The van der Waals surface area contributed by atoms with E-state index < -0.39 is 22.5 Å². The van der Waals surface area contributed by atoms with Gasteiger partial charge in [-0.25, -0.2) is 4.18 Å². The van der Waals surface area contributed by atoms with E-state index in [0.717, 1.165) is 5.56 Å². The molecule has 19 heavy (non-hydrogen) atoms. The Balaban J connectivity index is 2.77. The maximum atomic E-state index is 11.9. The van der Waals surface area contributed by atoms with Crippen LogP contribution in [-0.4, -0.2) is 31.0 Å². The van der Waals surface area contributed by atoms with Crippen molar-refractivity contribution in [2.45, 2.75) is 44.5 Å². The van der Waals surface area contributed by atoms with Gasteiger partial charge in [-0.05, 0) is 31.4 Å². The third kappa shape index (κ3) is 4.91. The van der Waals surface area contributed by atoms with Gasteiger partial charge in [-0.2, -0.15) is 8.42 Å². The van der Waals surface area contributed by atoms with Gasteiger partial charge in [0, 0.05) is 0 Å². The summed E-state index contributed by atoms with van der Waals surface area (Å²) in [6.07, 6.45) is -2.74. The summed E-state index contributed by atoms with van der Waals surface area (Å²) in [5.74, 6) is 0.121. The predicted octanol–water partition coefficient (Wildman–Crippen LogP) is 1.43. The van der Waals surface area contributed by atoms with Crippen LogP contribution in [0.15, 0.2) is 29.2 Å². The molecule has 0 amide bonds. The summed E-state index contributed by atoms with van der Waals surface area (Å²) in [6, 6.07) is 6.05. The van der Waals surface area contributed by atoms with Gasteiger partial charge in [-0.15, -0.1) is 0 Å². The highest BCUT2D eigenvalue weighted by molar-refractivity contribution is 7.86. The van der Waals surface area contributed by atoms with Crippen molar-refractivity contribution in [2.75, 3.05) is 0 Å². The number of hydrogen-bond acceptors (Lipinski definition) is 5. The van der Waals surface area contributed by atoms with E-state index in [9.17, 15) is 18.6 Å². The average molecular weight is 288 g/mol. The lowest BCUT2D eigenvalue weighted by atomic mass is 10.1. The molecule has 1 rings (SSSR count). The highest BCUT2D eigenvalue weighted by atomic mass is 32.2.